The average Bonchev–Trinajstić information content (AvgIpc) is 3.12. The Balaban J connectivity index is 1.60. The van der Waals surface area contributed by atoms with E-state index in [1.54, 1.807) is 36.4 Å². The molecule has 36 heavy (non-hydrogen) atoms. The molecule has 0 bridgehead atoms. The van der Waals surface area contributed by atoms with Gasteiger partial charge in [-0.15, -0.1) is 0 Å². The fourth-order valence-electron chi connectivity index (χ4n) is 3.83. The zero-order chi connectivity index (χ0) is 26.0. The van der Waals surface area contributed by atoms with Gasteiger partial charge in [-0.05, 0) is 61.6 Å². The summed E-state index contributed by atoms with van der Waals surface area (Å²) in [6.45, 7) is 2.68. The van der Waals surface area contributed by atoms with Crippen LogP contribution in [0.1, 0.15) is 61.4 Å². The predicted octanol–water partition coefficient (Wildman–Crippen LogP) is 4.04. The highest BCUT2D eigenvalue weighted by Gasteiger charge is 2.24. The van der Waals surface area contributed by atoms with E-state index in [4.69, 9.17) is 0 Å². The summed E-state index contributed by atoms with van der Waals surface area (Å²) in [4.78, 5) is 28.9. The number of amidine groups is 1. The summed E-state index contributed by atoms with van der Waals surface area (Å²) in [6.07, 6.45) is 5.41. The van der Waals surface area contributed by atoms with Gasteiger partial charge < -0.3 is 15.7 Å². The van der Waals surface area contributed by atoms with Crippen LogP contribution in [0.15, 0.2) is 53.5 Å². The third-order valence-electron chi connectivity index (χ3n) is 5.83. The topological polar surface area (TPSA) is 137 Å². The fourth-order valence-corrected chi connectivity index (χ4v) is 5.24. The number of nitrogens with one attached hydrogen (secondary N) is 3. The largest absolute Gasteiger partial charge is 0.480 e. The van der Waals surface area contributed by atoms with E-state index in [1.165, 1.54) is 6.42 Å². The number of aliphatic carboxylic acids is 1. The van der Waals surface area contributed by atoms with Crippen LogP contribution in [0.5, 0.6) is 0 Å². The Morgan fingerprint density at radius 1 is 1.06 bits per heavy atom. The van der Waals surface area contributed by atoms with Crippen LogP contribution >= 0.6 is 0 Å². The van der Waals surface area contributed by atoms with Gasteiger partial charge in [0, 0.05) is 29.9 Å². The number of anilines is 2. The first-order valence-electron chi connectivity index (χ1n) is 12.3. The van der Waals surface area contributed by atoms with Gasteiger partial charge in [-0.1, -0.05) is 38.0 Å². The average molecular weight is 515 g/mol. The number of carboxylic acids is 1. The molecule has 2 aromatic rings. The maximum Gasteiger partial charge on any atom is 0.322 e. The fraction of sp³-hybridized carbons (Fsp3) is 0.423. The van der Waals surface area contributed by atoms with E-state index >= 15 is 0 Å². The van der Waals surface area contributed by atoms with Crippen molar-refractivity contribution in [1.82, 2.24) is 4.72 Å². The van der Waals surface area contributed by atoms with Crippen LogP contribution < -0.4 is 15.4 Å². The predicted molar refractivity (Wildman–Crippen MR) is 142 cm³/mol. The van der Waals surface area contributed by atoms with E-state index in [0.29, 0.717) is 29.7 Å². The second kappa shape index (κ2) is 13.2. The third-order valence-corrected chi connectivity index (χ3v) is 7.30. The van der Waals surface area contributed by atoms with Gasteiger partial charge in [0.1, 0.15) is 11.9 Å². The van der Waals surface area contributed by atoms with Gasteiger partial charge in [-0.2, -0.15) is 0 Å². The highest BCUT2D eigenvalue weighted by Crippen LogP contribution is 2.17. The first-order chi connectivity index (χ1) is 17.3. The summed E-state index contributed by atoms with van der Waals surface area (Å²) in [6, 6.07) is 12.6. The lowest BCUT2D eigenvalue weighted by molar-refractivity contribution is -0.138. The summed E-state index contributed by atoms with van der Waals surface area (Å²) in [5.41, 5.74) is 2.48. The molecular weight excluding hydrogens is 480 g/mol. The summed E-state index contributed by atoms with van der Waals surface area (Å²) < 4.78 is 26.5. The lowest BCUT2D eigenvalue weighted by atomic mass is 10.1. The van der Waals surface area contributed by atoms with Crippen molar-refractivity contribution in [2.24, 2.45) is 4.99 Å². The van der Waals surface area contributed by atoms with Crippen LogP contribution in [-0.4, -0.2) is 49.6 Å². The van der Waals surface area contributed by atoms with Crippen molar-refractivity contribution in [1.29, 1.82) is 0 Å². The number of benzene rings is 2. The molecule has 0 spiro atoms. The number of carbonyl (C=O) groups excluding carboxylic acids is 1. The van der Waals surface area contributed by atoms with Gasteiger partial charge in [0.15, 0.2) is 0 Å². The van der Waals surface area contributed by atoms with Gasteiger partial charge in [0.2, 0.25) is 10.0 Å². The molecule has 194 valence electrons. The Hall–Kier alpha value is -3.24. The Labute approximate surface area is 212 Å². The smallest absolute Gasteiger partial charge is 0.322 e. The van der Waals surface area contributed by atoms with Crippen molar-refractivity contribution in [2.45, 2.75) is 57.9 Å². The summed E-state index contributed by atoms with van der Waals surface area (Å²) in [5.74, 6) is -0.687. The number of unbranched alkanes of at least 4 members (excludes halogenated alkanes) is 1. The molecule has 0 unspecified atom stereocenters. The van der Waals surface area contributed by atoms with Crippen molar-refractivity contribution in [3.63, 3.8) is 0 Å². The van der Waals surface area contributed by atoms with Crippen LogP contribution in [0.25, 0.3) is 0 Å². The van der Waals surface area contributed by atoms with Gasteiger partial charge in [0.05, 0.1) is 5.75 Å². The number of nitrogens with zero attached hydrogens (tertiary/aromatic N) is 1. The van der Waals surface area contributed by atoms with Crippen LogP contribution in [-0.2, 0) is 21.2 Å². The minimum atomic E-state index is -3.68. The molecule has 1 amide bonds. The van der Waals surface area contributed by atoms with E-state index in [-0.39, 0.29) is 18.1 Å². The molecule has 1 aliphatic heterocycles. The quantitative estimate of drug-likeness (QED) is 0.357. The lowest BCUT2D eigenvalue weighted by Crippen LogP contribution is -2.43. The molecule has 0 aliphatic carbocycles. The molecule has 0 aromatic heterocycles. The third kappa shape index (κ3) is 8.76. The highest BCUT2D eigenvalue weighted by molar-refractivity contribution is 7.89. The molecule has 0 radical (unpaired) electrons. The first-order valence-corrected chi connectivity index (χ1v) is 13.9. The molecule has 10 heteroatoms. The summed E-state index contributed by atoms with van der Waals surface area (Å²) in [5, 5.41) is 15.6. The van der Waals surface area contributed by atoms with Crippen molar-refractivity contribution < 1.29 is 23.1 Å². The lowest BCUT2D eigenvalue weighted by Gasteiger charge is -2.15. The van der Waals surface area contributed by atoms with Crippen LogP contribution in [0, 0.1) is 0 Å². The molecule has 0 fully saturated rings. The van der Waals surface area contributed by atoms with Crippen molar-refractivity contribution >= 4 is 39.1 Å². The first kappa shape index (κ1) is 27.3. The number of sulfonamides is 1. The molecular formula is C26H34N4O5S. The van der Waals surface area contributed by atoms with E-state index in [9.17, 15) is 23.1 Å². The standard InChI is InChI=1S/C26H34N4O5S/c1-2-3-16-36(34,35)30-23(26(32)33)17-19-11-13-21(14-12-19)29-25(31)20-8-7-9-22(18-20)28-24-10-5-4-6-15-27-24/h7-9,11-14,18,23,30H,2-6,10,15-17H2,1H3,(H,27,28)(H,29,31)(H,32,33)/t23-/m0/s1. The Morgan fingerprint density at radius 2 is 1.83 bits per heavy atom. The van der Waals surface area contributed by atoms with Crippen LogP contribution in [0.3, 0.4) is 0 Å². The van der Waals surface area contributed by atoms with E-state index < -0.39 is 22.0 Å². The van der Waals surface area contributed by atoms with Gasteiger partial charge in [0.25, 0.3) is 5.91 Å². The number of hydrogen-bond donors (Lipinski definition) is 4. The Bertz CT molecular complexity index is 1180. The van der Waals surface area contributed by atoms with E-state index in [2.05, 4.69) is 20.3 Å². The number of carbonyl (C=O) groups is 2. The van der Waals surface area contributed by atoms with E-state index in [1.807, 2.05) is 19.1 Å². The van der Waals surface area contributed by atoms with Gasteiger partial charge >= 0.3 is 5.97 Å². The zero-order valence-corrected chi connectivity index (χ0v) is 21.3. The second-order valence-electron chi connectivity index (χ2n) is 8.88. The van der Waals surface area contributed by atoms with Crippen LogP contribution in [0.2, 0.25) is 0 Å². The number of carboxylic acid groups (broad SMARTS) is 1. The molecule has 9 nitrogen and oxygen atoms in total. The number of hydrogen-bond acceptors (Lipinski definition) is 6. The molecule has 0 saturated carbocycles. The SMILES string of the molecule is CCCCS(=O)(=O)N[C@@H](Cc1ccc(NC(=O)c2cccc(NC3=NCCCCC3)c2)cc1)C(=O)O. The number of amides is 1. The maximum atomic E-state index is 12.8. The molecule has 1 aliphatic rings. The molecule has 1 atom stereocenters. The Kier molecular flexibility index (Phi) is 10.0. The zero-order valence-electron chi connectivity index (χ0n) is 20.5. The number of aliphatic imine (C=N–C) groups is 1. The Morgan fingerprint density at radius 3 is 2.56 bits per heavy atom. The minimum absolute atomic E-state index is 0.00742. The van der Waals surface area contributed by atoms with Crippen molar-refractivity contribution in [2.75, 3.05) is 22.9 Å². The molecule has 1 heterocycles. The van der Waals surface area contributed by atoms with Crippen molar-refractivity contribution in [3.8, 4) is 0 Å². The molecule has 4 N–H and O–H groups in total. The summed E-state index contributed by atoms with van der Waals surface area (Å²) in [7, 11) is -3.68. The number of rotatable bonds is 11. The van der Waals surface area contributed by atoms with Crippen molar-refractivity contribution in [3.05, 3.63) is 59.7 Å². The van der Waals surface area contributed by atoms with Gasteiger partial charge in [-0.25, -0.2) is 13.1 Å². The normalized spacial score (nSPS) is 14.9. The monoisotopic (exact) mass is 514 g/mol. The second-order valence-corrected chi connectivity index (χ2v) is 10.8. The summed E-state index contributed by atoms with van der Waals surface area (Å²) >= 11 is 0. The minimum Gasteiger partial charge on any atom is -0.480 e. The molecule has 0 saturated heterocycles. The van der Waals surface area contributed by atoms with E-state index in [0.717, 1.165) is 37.3 Å². The maximum absolute atomic E-state index is 12.8. The molecule has 3 rings (SSSR count). The van der Waals surface area contributed by atoms with Crippen LogP contribution in [0.4, 0.5) is 11.4 Å². The highest BCUT2D eigenvalue weighted by atomic mass is 32.2. The van der Waals surface area contributed by atoms with Gasteiger partial charge in [-0.3, -0.25) is 14.6 Å². The molecule has 2 aromatic carbocycles.